The van der Waals surface area contributed by atoms with Gasteiger partial charge in [0.15, 0.2) is 0 Å². The molecular formula is C16H27N3O. The molecule has 20 heavy (non-hydrogen) atoms. The Balaban J connectivity index is 1.98. The summed E-state index contributed by atoms with van der Waals surface area (Å²) in [5.74, 6) is 0.890. The molecule has 1 aliphatic rings. The van der Waals surface area contributed by atoms with Gasteiger partial charge in [-0.2, -0.15) is 0 Å². The molecule has 2 atom stereocenters. The smallest absolute Gasteiger partial charge is 0.123 e. The molecule has 0 spiro atoms. The highest BCUT2D eigenvalue weighted by Gasteiger charge is 2.23. The van der Waals surface area contributed by atoms with Crippen LogP contribution in [0.2, 0.25) is 0 Å². The average Bonchev–Trinajstić information content (AvgIpc) is 2.47. The Labute approximate surface area is 122 Å². The Morgan fingerprint density at radius 1 is 1.40 bits per heavy atom. The van der Waals surface area contributed by atoms with E-state index in [1.54, 1.807) is 7.11 Å². The summed E-state index contributed by atoms with van der Waals surface area (Å²) in [7, 11) is 6.02. The number of hydrogen-bond donors (Lipinski definition) is 1. The van der Waals surface area contributed by atoms with E-state index in [2.05, 4.69) is 30.0 Å². The molecule has 112 valence electrons. The highest BCUT2D eigenvalue weighted by molar-refractivity contribution is 5.35. The van der Waals surface area contributed by atoms with Gasteiger partial charge < -0.3 is 15.4 Å². The van der Waals surface area contributed by atoms with Gasteiger partial charge in [-0.05, 0) is 39.5 Å². The van der Waals surface area contributed by atoms with E-state index in [1.165, 1.54) is 12.8 Å². The van der Waals surface area contributed by atoms with Crippen molar-refractivity contribution in [2.45, 2.75) is 24.9 Å². The average molecular weight is 277 g/mol. The number of likely N-dealkylation sites (N-methyl/N-ethyl adjacent to an activating group) is 1. The maximum Gasteiger partial charge on any atom is 0.123 e. The van der Waals surface area contributed by atoms with Crippen LogP contribution >= 0.6 is 0 Å². The number of ether oxygens (including phenoxy) is 1. The minimum atomic E-state index is 0.00654. The van der Waals surface area contributed by atoms with Crippen LogP contribution in [0.15, 0.2) is 24.3 Å². The summed E-state index contributed by atoms with van der Waals surface area (Å²) in [4.78, 5) is 4.80. The lowest BCUT2D eigenvalue weighted by atomic mass is 10.0. The maximum absolute atomic E-state index is 6.39. The summed E-state index contributed by atoms with van der Waals surface area (Å²) in [5, 5.41) is 0. The van der Waals surface area contributed by atoms with Crippen molar-refractivity contribution in [3.63, 3.8) is 0 Å². The standard InChI is InChI=1S/C16H27N3O/c1-18(2)13-7-6-10-19(11-13)12-15(17)14-8-4-5-9-16(14)20-3/h4-5,8-9,13,15H,6-7,10-12,17H2,1-3H3. The van der Waals surface area contributed by atoms with Crippen LogP contribution in [0.25, 0.3) is 0 Å². The minimum absolute atomic E-state index is 0.00654. The third kappa shape index (κ3) is 3.72. The molecule has 2 rings (SSSR count). The Bertz CT molecular complexity index is 422. The van der Waals surface area contributed by atoms with Crippen molar-refractivity contribution >= 4 is 0 Å². The number of likely N-dealkylation sites (tertiary alicyclic amines) is 1. The van der Waals surface area contributed by atoms with Crippen LogP contribution in [-0.2, 0) is 0 Å². The number of piperidine rings is 1. The predicted octanol–water partition coefficient (Wildman–Crippen LogP) is 1.72. The fourth-order valence-electron chi connectivity index (χ4n) is 2.97. The van der Waals surface area contributed by atoms with Crippen LogP contribution in [0, 0.1) is 0 Å². The largest absolute Gasteiger partial charge is 0.496 e. The summed E-state index contributed by atoms with van der Waals surface area (Å²) < 4.78 is 5.41. The van der Waals surface area contributed by atoms with Crippen molar-refractivity contribution in [3.05, 3.63) is 29.8 Å². The summed E-state index contributed by atoms with van der Waals surface area (Å²) in [5.41, 5.74) is 7.49. The van der Waals surface area contributed by atoms with Gasteiger partial charge >= 0.3 is 0 Å². The van der Waals surface area contributed by atoms with Crippen LogP contribution in [-0.4, -0.2) is 56.7 Å². The van der Waals surface area contributed by atoms with E-state index in [4.69, 9.17) is 10.5 Å². The van der Waals surface area contributed by atoms with Crippen molar-refractivity contribution in [1.29, 1.82) is 0 Å². The number of hydrogen-bond acceptors (Lipinski definition) is 4. The second-order valence-electron chi connectivity index (χ2n) is 5.87. The molecule has 4 heteroatoms. The molecule has 0 saturated carbocycles. The Morgan fingerprint density at radius 2 is 2.15 bits per heavy atom. The topological polar surface area (TPSA) is 41.7 Å². The van der Waals surface area contributed by atoms with Crippen molar-refractivity contribution < 1.29 is 4.74 Å². The van der Waals surface area contributed by atoms with Crippen molar-refractivity contribution in [3.8, 4) is 5.75 Å². The van der Waals surface area contributed by atoms with Crippen LogP contribution in [0.4, 0.5) is 0 Å². The molecule has 1 aromatic rings. The van der Waals surface area contributed by atoms with Crippen molar-refractivity contribution in [2.75, 3.05) is 40.8 Å². The van der Waals surface area contributed by atoms with Crippen LogP contribution in [0.1, 0.15) is 24.4 Å². The van der Waals surface area contributed by atoms with Gasteiger partial charge in [-0.1, -0.05) is 18.2 Å². The van der Waals surface area contributed by atoms with E-state index < -0.39 is 0 Å². The summed E-state index contributed by atoms with van der Waals surface area (Å²) in [6.45, 7) is 3.15. The first-order valence-corrected chi connectivity index (χ1v) is 7.39. The first kappa shape index (κ1) is 15.3. The van der Waals surface area contributed by atoms with Gasteiger partial charge in [0.1, 0.15) is 5.75 Å². The number of nitrogens with zero attached hydrogens (tertiary/aromatic N) is 2. The highest BCUT2D eigenvalue weighted by atomic mass is 16.5. The molecule has 0 aliphatic carbocycles. The first-order valence-electron chi connectivity index (χ1n) is 7.39. The highest BCUT2D eigenvalue weighted by Crippen LogP contribution is 2.25. The number of methoxy groups -OCH3 is 1. The second kappa shape index (κ2) is 7.07. The third-order valence-electron chi connectivity index (χ3n) is 4.20. The molecule has 0 amide bonds. The van der Waals surface area contributed by atoms with Crippen LogP contribution < -0.4 is 10.5 Å². The van der Waals surface area contributed by atoms with Crippen LogP contribution in [0.3, 0.4) is 0 Å². The molecule has 1 aliphatic heterocycles. The van der Waals surface area contributed by atoms with E-state index >= 15 is 0 Å². The molecule has 2 unspecified atom stereocenters. The maximum atomic E-state index is 6.39. The van der Waals surface area contributed by atoms with Crippen LogP contribution in [0.5, 0.6) is 5.75 Å². The van der Waals surface area contributed by atoms with Gasteiger partial charge in [-0.3, -0.25) is 4.90 Å². The fourth-order valence-corrected chi connectivity index (χ4v) is 2.97. The van der Waals surface area contributed by atoms with Gasteiger partial charge in [-0.25, -0.2) is 0 Å². The Morgan fingerprint density at radius 3 is 2.85 bits per heavy atom. The molecule has 0 aromatic heterocycles. The lowest BCUT2D eigenvalue weighted by Crippen LogP contribution is -2.47. The van der Waals surface area contributed by atoms with E-state index in [0.29, 0.717) is 6.04 Å². The summed E-state index contributed by atoms with van der Waals surface area (Å²) >= 11 is 0. The van der Waals surface area contributed by atoms with Gasteiger partial charge in [0, 0.05) is 30.7 Å². The van der Waals surface area contributed by atoms with E-state index in [1.807, 2.05) is 18.2 Å². The number of benzene rings is 1. The normalized spacial score (nSPS) is 21.9. The van der Waals surface area contributed by atoms with Gasteiger partial charge in [-0.15, -0.1) is 0 Å². The lowest BCUT2D eigenvalue weighted by molar-refractivity contribution is 0.127. The molecule has 2 N–H and O–H groups in total. The van der Waals surface area contributed by atoms with E-state index in [0.717, 1.165) is 30.9 Å². The zero-order valence-electron chi connectivity index (χ0n) is 12.9. The lowest BCUT2D eigenvalue weighted by Gasteiger charge is -2.37. The zero-order chi connectivity index (χ0) is 14.5. The molecular weight excluding hydrogens is 250 g/mol. The fraction of sp³-hybridized carbons (Fsp3) is 0.625. The molecule has 4 nitrogen and oxygen atoms in total. The van der Waals surface area contributed by atoms with Crippen molar-refractivity contribution in [2.24, 2.45) is 5.73 Å². The molecule has 1 fully saturated rings. The summed E-state index contributed by atoms with van der Waals surface area (Å²) in [6.07, 6.45) is 2.54. The molecule has 1 aromatic carbocycles. The molecule has 1 saturated heterocycles. The SMILES string of the molecule is COc1ccccc1C(N)CN1CCCC(N(C)C)C1. The third-order valence-corrected chi connectivity index (χ3v) is 4.20. The number of nitrogens with two attached hydrogens (primary N) is 1. The van der Waals surface area contributed by atoms with Gasteiger partial charge in [0.2, 0.25) is 0 Å². The van der Waals surface area contributed by atoms with E-state index in [-0.39, 0.29) is 6.04 Å². The van der Waals surface area contributed by atoms with Gasteiger partial charge in [0.25, 0.3) is 0 Å². The molecule has 1 heterocycles. The Hall–Kier alpha value is -1.10. The minimum Gasteiger partial charge on any atom is -0.496 e. The quantitative estimate of drug-likeness (QED) is 0.890. The zero-order valence-corrected chi connectivity index (χ0v) is 12.9. The number of para-hydroxylation sites is 1. The Kier molecular flexibility index (Phi) is 5.40. The van der Waals surface area contributed by atoms with Crippen molar-refractivity contribution in [1.82, 2.24) is 9.80 Å². The van der Waals surface area contributed by atoms with E-state index in [9.17, 15) is 0 Å². The molecule has 0 bridgehead atoms. The second-order valence-corrected chi connectivity index (χ2v) is 5.87. The summed E-state index contributed by atoms with van der Waals surface area (Å²) in [6, 6.07) is 8.71. The van der Waals surface area contributed by atoms with Gasteiger partial charge in [0.05, 0.1) is 7.11 Å². The first-order chi connectivity index (χ1) is 9.61. The molecule has 0 radical (unpaired) electrons. The number of rotatable bonds is 5. The monoisotopic (exact) mass is 277 g/mol. The predicted molar refractivity (Wildman–Crippen MR) is 83.1 cm³/mol.